The molecule has 0 fully saturated rings. The number of nitrogens with zero attached hydrogens (tertiary/aromatic N) is 4. The van der Waals surface area contributed by atoms with Gasteiger partial charge in [-0.1, -0.05) is 13.8 Å². The number of carbonyl (C=O) groups is 1. The molecule has 3 aromatic rings. The maximum absolute atomic E-state index is 13.3. The summed E-state index contributed by atoms with van der Waals surface area (Å²) in [5, 5.41) is 7.73. The second kappa shape index (κ2) is 8.25. The molecule has 1 atom stereocenters. The summed E-state index contributed by atoms with van der Waals surface area (Å²) >= 11 is 0. The number of aromatic nitrogens is 5. The van der Waals surface area contributed by atoms with Gasteiger partial charge in [0.1, 0.15) is 5.65 Å². The molecule has 0 unspecified atom stereocenters. The first-order valence-corrected chi connectivity index (χ1v) is 10.2. The smallest absolute Gasteiger partial charge is 0.329 e. The van der Waals surface area contributed by atoms with Gasteiger partial charge in [-0.15, -0.1) is 0 Å². The number of carbonyl (C=O) groups excluding carboxylic acids is 1. The number of amides is 1. The fourth-order valence-electron chi connectivity index (χ4n) is 3.89. The molecular weight excluding hydrogens is 384 g/mol. The summed E-state index contributed by atoms with van der Waals surface area (Å²) < 4.78 is 3.17. The molecule has 0 aliphatic rings. The average Bonchev–Trinajstić information content (AvgIpc) is 3.02. The van der Waals surface area contributed by atoms with Gasteiger partial charge in [0.05, 0.1) is 22.7 Å². The zero-order chi connectivity index (χ0) is 22.2. The van der Waals surface area contributed by atoms with Gasteiger partial charge in [-0.05, 0) is 39.7 Å². The summed E-state index contributed by atoms with van der Waals surface area (Å²) in [6.45, 7) is 10.6. The Labute approximate surface area is 174 Å². The molecule has 0 aliphatic heterocycles. The number of nitrogens with one attached hydrogen (secondary N) is 2. The quantitative estimate of drug-likeness (QED) is 0.642. The molecule has 160 valence electrons. The van der Waals surface area contributed by atoms with Gasteiger partial charge >= 0.3 is 5.69 Å². The SMILES string of the molecule is CCc1cc(C(=O)N[C@@H](CC)c2c(C)nn(CC)c2C)c2c(=O)[nH]c(=O)n(C)c2n1. The van der Waals surface area contributed by atoms with E-state index in [2.05, 4.69) is 20.4 Å². The summed E-state index contributed by atoms with van der Waals surface area (Å²) in [5.74, 6) is -0.379. The molecule has 0 saturated carbocycles. The third-order valence-corrected chi connectivity index (χ3v) is 5.53. The molecular formula is C21H28N6O3. The van der Waals surface area contributed by atoms with Crippen LogP contribution in [0.5, 0.6) is 0 Å². The van der Waals surface area contributed by atoms with Crippen LogP contribution in [0.3, 0.4) is 0 Å². The highest BCUT2D eigenvalue weighted by atomic mass is 16.2. The number of hydrogen-bond donors (Lipinski definition) is 2. The summed E-state index contributed by atoms with van der Waals surface area (Å²) in [6, 6.07) is 1.37. The number of aromatic amines is 1. The van der Waals surface area contributed by atoms with E-state index in [1.807, 2.05) is 39.3 Å². The van der Waals surface area contributed by atoms with E-state index in [0.717, 1.165) is 23.5 Å². The van der Waals surface area contributed by atoms with Crippen molar-refractivity contribution in [1.82, 2.24) is 29.6 Å². The second-order valence-electron chi connectivity index (χ2n) is 7.37. The molecule has 1 amide bonds. The fraction of sp³-hybridized carbons (Fsp3) is 0.476. The zero-order valence-electron chi connectivity index (χ0n) is 18.3. The lowest BCUT2D eigenvalue weighted by atomic mass is 10.0. The van der Waals surface area contributed by atoms with E-state index >= 15 is 0 Å². The largest absolute Gasteiger partial charge is 0.345 e. The number of fused-ring (bicyclic) bond motifs is 1. The number of aryl methyl sites for hydroxylation is 4. The van der Waals surface area contributed by atoms with Crippen LogP contribution in [0.15, 0.2) is 15.7 Å². The molecule has 30 heavy (non-hydrogen) atoms. The molecule has 0 aromatic carbocycles. The van der Waals surface area contributed by atoms with E-state index in [0.29, 0.717) is 18.5 Å². The summed E-state index contributed by atoms with van der Waals surface area (Å²) in [4.78, 5) is 44.5. The van der Waals surface area contributed by atoms with Gasteiger partial charge in [0.25, 0.3) is 11.5 Å². The third kappa shape index (κ3) is 3.55. The average molecular weight is 412 g/mol. The van der Waals surface area contributed by atoms with Crippen molar-refractivity contribution in [1.29, 1.82) is 0 Å². The minimum Gasteiger partial charge on any atom is -0.345 e. The highest BCUT2D eigenvalue weighted by Gasteiger charge is 2.24. The first-order valence-electron chi connectivity index (χ1n) is 10.2. The number of pyridine rings is 1. The van der Waals surface area contributed by atoms with Gasteiger partial charge in [-0.25, -0.2) is 9.78 Å². The first kappa shape index (κ1) is 21.5. The molecule has 0 aliphatic carbocycles. The van der Waals surface area contributed by atoms with Gasteiger partial charge in [0, 0.05) is 30.5 Å². The number of H-pyrrole nitrogens is 1. The number of hydrogen-bond acceptors (Lipinski definition) is 5. The van der Waals surface area contributed by atoms with Crippen molar-refractivity contribution in [2.75, 3.05) is 0 Å². The Morgan fingerprint density at radius 2 is 1.93 bits per heavy atom. The van der Waals surface area contributed by atoms with Crippen LogP contribution >= 0.6 is 0 Å². The van der Waals surface area contributed by atoms with Crippen LogP contribution < -0.4 is 16.6 Å². The molecule has 0 radical (unpaired) electrons. The molecule has 0 spiro atoms. The lowest BCUT2D eigenvalue weighted by Gasteiger charge is -2.19. The minimum atomic E-state index is -0.618. The highest BCUT2D eigenvalue weighted by Crippen LogP contribution is 2.25. The van der Waals surface area contributed by atoms with Crippen molar-refractivity contribution in [2.24, 2.45) is 7.05 Å². The molecule has 2 N–H and O–H groups in total. The Morgan fingerprint density at radius 3 is 2.50 bits per heavy atom. The van der Waals surface area contributed by atoms with E-state index in [4.69, 9.17) is 0 Å². The maximum atomic E-state index is 13.3. The van der Waals surface area contributed by atoms with Crippen LogP contribution in [-0.4, -0.2) is 30.2 Å². The molecule has 0 bridgehead atoms. The lowest BCUT2D eigenvalue weighted by molar-refractivity contribution is 0.0937. The van der Waals surface area contributed by atoms with Crippen LogP contribution in [0.25, 0.3) is 11.0 Å². The third-order valence-electron chi connectivity index (χ3n) is 5.53. The highest BCUT2D eigenvalue weighted by molar-refractivity contribution is 6.05. The summed E-state index contributed by atoms with van der Waals surface area (Å²) in [7, 11) is 1.52. The van der Waals surface area contributed by atoms with Gasteiger partial charge in [0.15, 0.2) is 0 Å². The Morgan fingerprint density at radius 1 is 1.23 bits per heavy atom. The van der Waals surface area contributed by atoms with E-state index in [1.165, 1.54) is 11.6 Å². The van der Waals surface area contributed by atoms with Crippen molar-refractivity contribution in [2.45, 2.75) is 60.0 Å². The van der Waals surface area contributed by atoms with Gasteiger partial charge < -0.3 is 5.32 Å². The Bertz CT molecular complexity index is 1230. The number of rotatable bonds is 6. The maximum Gasteiger partial charge on any atom is 0.329 e. The van der Waals surface area contributed by atoms with Gasteiger partial charge in [-0.3, -0.25) is 23.8 Å². The monoisotopic (exact) mass is 412 g/mol. The van der Waals surface area contributed by atoms with E-state index in [9.17, 15) is 14.4 Å². The Balaban J connectivity index is 2.13. The van der Waals surface area contributed by atoms with Crippen LogP contribution in [0.2, 0.25) is 0 Å². The van der Waals surface area contributed by atoms with Crippen LogP contribution in [0.4, 0.5) is 0 Å². The summed E-state index contributed by atoms with van der Waals surface area (Å²) in [6.07, 6.45) is 1.23. The molecule has 9 nitrogen and oxygen atoms in total. The Kier molecular flexibility index (Phi) is 5.91. The van der Waals surface area contributed by atoms with E-state index in [-0.39, 0.29) is 28.5 Å². The van der Waals surface area contributed by atoms with Crippen molar-refractivity contribution in [3.63, 3.8) is 0 Å². The predicted octanol–water partition coefficient (Wildman–Crippen LogP) is 1.90. The first-order chi connectivity index (χ1) is 14.2. The molecule has 0 saturated heterocycles. The second-order valence-corrected chi connectivity index (χ2v) is 7.37. The molecule has 9 heteroatoms. The molecule has 3 heterocycles. The molecule has 3 rings (SSSR count). The van der Waals surface area contributed by atoms with Crippen molar-refractivity contribution >= 4 is 16.9 Å². The van der Waals surface area contributed by atoms with Gasteiger partial charge in [-0.2, -0.15) is 5.10 Å². The van der Waals surface area contributed by atoms with Crippen molar-refractivity contribution < 1.29 is 4.79 Å². The van der Waals surface area contributed by atoms with Crippen LogP contribution in [-0.2, 0) is 20.0 Å². The van der Waals surface area contributed by atoms with Crippen molar-refractivity contribution in [3.05, 3.63) is 55.1 Å². The van der Waals surface area contributed by atoms with Crippen LogP contribution in [0.1, 0.15) is 66.2 Å². The summed E-state index contributed by atoms with van der Waals surface area (Å²) in [5.41, 5.74) is 2.73. The van der Waals surface area contributed by atoms with Gasteiger partial charge in [0.2, 0.25) is 0 Å². The molecule has 3 aromatic heterocycles. The van der Waals surface area contributed by atoms with Crippen molar-refractivity contribution in [3.8, 4) is 0 Å². The fourth-order valence-corrected chi connectivity index (χ4v) is 3.89. The Hall–Kier alpha value is -3.23. The zero-order valence-corrected chi connectivity index (χ0v) is 18.3. The lowest BCUT2D eigenvalue weighted by Crippen LogP contribution is -2.33. The predicted molar refractivity (Wildman–Crippen MR) is 115 cm³/mol. The van der Waals surface area contributed by atoms with E-state index < -0.39 is 11.2 Å². The minimum absolute atomic E-state index is 0.111. The standard InChI is InChI=1S/C21H28N6O3/c1-7-13-10-14(17-18(22-13)26(6)21(30)24-20(17)29)19(28)23-15(8-2)16-11(4)25-27(9-3)12(16)5/h10,15H,7-9H2,1-6H3,(H,23,28)(H,24,29,30)/t15-/m0/s1. The normalized spacial score (nSPS) is 12.3. The van der Waals surface area contributed by atoms with Crippen LogP contribution in [0, 0.1) is 13.8 Å². The van der Waals surface area contributed by atoms with E-state index in [1.54, 1.807) is 6.07 Å². The topological polar surface area (TPSA) is 115 Å².